The molecule has 10 nitrogen and oxygen atoms in total. The van der Waals surface area contributed by atoms with Gasteiger partial charge in [-0.05, 0) is 38.0 Å². The van der Waals surface area contributed by atoms with Gasteiger partial charge in [0, 0.05) is 36.7 Å². The van der Waals surface area contributed by atoms with Crippen LogP contribution >= 0.6 is 21.6 Å². The van der Waals surface area contributed by atoms with Crippen LogP contribution in [0.2, 0.25) is 0 Å². The van der Waals surface area contributed by atoms with Crippen LogP contribution in [0.1, 0.15) is 66.2 Å². The lowest BCUT2D eigenvalue weighted by Crippen LogP contribution is -2.70. The Morgan fingerprint density at radius 1 is 0.919 bits per heavy atom. The molecule has 4 aliphatic heterocycles. The van der Waals surface area contributed by atoms with Gasteiger partial charge in [-0.3, -0.25) is 14.4 Å². The molecule has 37 heavy (non-hydrogen) atoms. The number of ether oxygens (including phenoxy) is 5. The van der Waals surface area contributed by atoms with E-state index in [1.54, 1.807) is 0 Å². The molecule has 0 radical (unpaired) electrons. The molecule has 1 aliphatic carbocycles. The third kappa shape index (κ3) is 6.58. The average molecular weight is 563 g/mol. The summed E-state index contributed by atoms with van der Waals surface area (Å²) in [5.74, 6) is -0.268. The van der Waals surface area contributed by atoms with E-state index in [1.165, 1.54) is 28.5 Å². The molecule has 5 aliphatic rings. The van der Waals surface area contributed by atoms with E-state index in [9.17, 15) is 14.4 Å². The number of hydrogen-bond acceptors (Lipinski definition) is 12. The minimum atomic E-state index is -0.893. The van der Waals surface area contributed by atoms with Crippen molar-refractivity contribution in [3.8, 4) is 0 Å². The van der Waals surface area contributed by atoms with Gasteiger partial charge in [0.25, 0.3) is 0 Å². The first-order valence-electron chi connectivity index (χ1n) is 13.1. The largest absolute Gasteiger partial charge is 0.465 e. The molecule has 4 saturated heterocycles. The second kappa shape index (κ2) is 12.4. The highest BCUT2D eigenvalue weighted by atomic mass is 33.1. The van der Waals surface area contributed by atoms with Crippen LogP contribution in [0, 0.1) is 23.7 Å². The molecule has 2 bridgehead atoms. The molecule has 210 valence electrons. The number of carbonyl (C=O) groups excluding carboxylic acids is 3. The standard InChI is InChI=1S/C25H38O10S2/c1-15-5-6-19-16(2)22(32-23-25(19)18(15)9-10-24(4,33-23)34-35-25)31-21(28)8-7-20(27)30-12-14-37-36-13-11-29-17(3)26/h15-16,18-19,22-23H,5-14H2,1-4H3/t15-,16-,18+,19+,22?,23-,24+,25?/m1/s1. The summed E-state index contributed by atoms with van der Waals surface area (Å²) in [5, 5.41) is 0. The maximum atomic E-state index is 12.6. The highest BCUT2D eigenvalue weighted by Crippen LogP contribution is 2.60. The molecule has 0 aromatic heterocycles. The summed E-state index contributed by atoms with van der Waals surface area (Å²) in [4.78, 5) is 47.3. The van der Waals surface area contributed by atoms with E-state index in [1.807, 2.05) is 13.8 Å². The van der Waals surface area contributed by atoms with Gasteiger partial charge in [0.1, 0.15) is 13.2 Å². The zero-order valence-electron chi connectivity index (χ0n) is 21.9. The van der Waals surface area contributed by atoms with Crippen molar-refractivity contribution < 1.29 is 47.8 Å². The van der Waals surface area contributed by atoms with E-state index in [0.717, 1.165) is 19.3 Å². The Morgan fingerprint density at radius 3 is 2.35 bits per heavy atom. The normalized spacial score (nSPS) is 38.3. The SMILES string of the molecule is CC(=O)OCCSSCCOC(=O)CCC(=O)OC1O[C@@H]2O[C@]3(C)CC[C@H]4[C@H](C)CC[C@@H]([C@H]1C)C24OO3. The first kappa shape index (κ1) is 28.9. The van der Waals surface area contributed by atoms with Crippen molar-refractivity contribution in [3.05, 3.63) is 0 Å². The van der Waals surface area contributed by atoms with E-state index < -0.39 is 35.9 Å². The van der Waals surface area contributed by atoms with Crippen LogP contribution in [0.4, 0.5) is 0 Å². The van der Waals surface area contributed by atoms with E-state index in [4.69, 9.17) is 33.5 Å². The Labute approximate surface area is 225 Å². The lowest BCUT2D eigenvalue weighted by Gasteiger charge is -2.59. The molecule has 5 fully saturated rings. The van der Waals surface area contributed by atoms with Gasteiger partial charge in [-0.2, -0.15) is 0 Å². The van der Waals surface area contributed by atoms with Crippen molar-refractivity contribution >= 4 is 39.5 Å². The fourth-order valence-corrected chi connectivity index (χ4v) is 7.65. The predicted molar refractivity (Wildman–Crippen MR) is 135 cm³/mol. The summed E-state index contributed by atoms with van der Waals surface area (Å²) in [7, 11) is 3.06. The van der Waals surface area contributed by atoms with Crippen molar-refractivity contribution in [1.82, 2.24) is 0 Å². The van der Waals surface area contributed by atoms with Crippen LogP contribution in [0.25, 0.3) is 0 Å². The molecule has 0 amide bonds. The minimum Gasteiger partial charge on any atom is -0.465 e. The first-order chi connectivity index (χ1) is 17.6. The predicted octanol–water partition coefficient (Wildman–Crippen LogP) is 4.01. The smallest absolute Gasteiger partial charge is 0.308 e. The second-order valence-corrected chi connectivity index (χ2v) is 13.2. The Balaban J connectivity index is 1.21. The van der Waals surface area contributed by atoms with E-state index in [0.29, 0.717) is 30.5 Å². The van der Waals surface area contributed by atoms with Crippen molar-refractivity contribution in [2.45, 2.75) is 90.2 Å². The fourth-order valence-electron chi connectivity index (χ4n) is 6.00. The van der Waals surface area contributed by atoms with E-state index in [2.05, 4.69) is 6.92 Å². The van der Waals surface area contributed by atoms with Crippen LogP contribution in [-0.2, 0) is 47.8 Å². The van der Waals surface area contributed by atoms with Gasteiger partial charge in [0.2, 0.25) is 12.1 Å². The van der Waals surface area contributed by atoms with Crippen LogP contribution in [0.3, 0.4) is 0 Å². The molecule has 0 N–H and O–H groups in total. The van der Waals surface area contributed by atoms with Crippen LogP contribution in [-0.4, -0.2) is 66.6 Å². The molecular weight excluding hydrogens is 524 g/mol. The minimum absolute atomic E-state index is 0.0576. The first-order valence-corrected chi connectivity index (χ1v) is 15.6. The van der Waals surface area contributed by atoms with Gasteiger partial charge < -0.3 is 23.7 Å². The van der Waals surface area contributed by atoms with Crippen molar-refractivity contribution in [3.63, 3.8) is 0 Å². The monoisotopic (exact) mass is 562 g/mol. The Hall–Kier alpha value is -1.05. The molecule has 12 heteroatoms. The zero-order chi connectivity index (χ0) is 26.6. The average Bonchev–Trinajstić information content (AvgIpc) is 3.08. The molecule has 2 unspecified atom stereocenters. The summed E-state index contributed by atoms with van der Waals surface area (Å²) in [6, 6.07) is 0. The van der Waals surface area contributed by atoms with Crippen LogP contribution in [0.15, 0.2) is 0 Å². The number of carbonyl (C=O) groups is 3. The summed E-state index contributed by atoms with van der Waals surface area (Å²) >= 11 is 0. The molecule has 0 aromatic rings. The number of fused-ring (bicyclic) bond motifs is 2. The van der Waals surface area contributed by atoms with Gasteiger partial charge in [-0.15, -0.1) is 0 Å². The van der Waals surface area contributed by atoms with Gasteiger partial charge in [-0.25, -0.2) is 9.78 Å². The molecule has 1 saturated carbocycles. The lowest BCUT2D eigenvalue weighted by molar-refractivity contribution is -0.576. The summed E-state index contributed by atoms with van der Waals surface area (Å²) in [5.41, 5.74) is -0.712. The second-order valence-electron chi connectivity index (χ2n) is 10.5. The highest BCUT2D eigenvalue weighted by molar-refractivity contribution is 8.76. The topological polar surface area (TPSA) is 116 Å². The molecule has 8 atom stereocenters. The molecule has 1 spiro atoms. The molecule has 5 rings (SSSR count). The maximum Gasteiger partial charge on any atom is 0.308 e. The van der Waals surface area contributed by atoms with E-state index >= 15 is 0 Å². The Bertz CT molecular complexity index is 842. The van der Waals surface area contributed by atoms with Crippen molar-refractivity contribution in [1.29, 1.82) is 0 Å². The summed E-state index contributed by atoms with van der Waals surface area (Å²) in [6.45, 7) is 8.08. The molecular formula is C25H38O10S2. The van der Waals surface area contributed by atoms with Crippen LogP contribution in [0.5, 0.6) is 0 Å². The molecule has 0 aromatic carbocycles. The quantitative estimate of drug-likeness (QED) is 0.119. The number of rotatable bonds is 11. The lowest BCUT2D eigenvalue weighted by atomic mass is 9.58. The van der Waals surface area contributed by atoms with Gasteiger partial charge >= 0.3 is 17.9 Å². The summed E-state index contributed by atoms with van der Waals surface area (Å²) < 4.78 is 28.3. The van der Waals surface area contributed by atoms with Gasteiger partial charge in [-0.1, -0.05) is 35.4 Å². The van der Waals surface area contributed by atoms with E-state index in [-0.39, 0.29) is 43.2 Å². The number of esters is 3. The van der Waals surface area contributed by atoms with Crippen molar-refractivity contribution in [2.24, 2.45) is 23.7 Å². The van der Waals surface area contributed by atoms with Crippen molar-refractivity contribution in [2.75, 3.05) is 24.7 Å². The Kier molecular flexibility index (Phi) is 9.72. The third-order valence-electron chi connectivity index (χ3n) is 7.86. The molecule has 4 heterocycles. The highest BCUT2D eigenvalue weighted by Gasteiger charge is 2.69. The fraction of sp³-hybridized carbons (Fsp3) is 0.880. The maximum absolute atomic E-state index is 12.6. The third-order valence-corrected chi connectivity index (χ3v) is 10.2. The summed E-state index contributed by atoms with van der Waals surface area (Å²) in [6.07, 6.45) is 1.98. The van der Waals surface area contributed by atoms with Crippen LogP contribution < -0.4 is 0 Å². The van der Waals surface area contributed by atoms with Gasteiger partial charge in [0.15, 0.2) is 11.9 Å². The zero-order valence-corrected chi connectivity index (χ0v) is 23.6. The van der Waals surface area contributed by atoms with Gasteiger partial charge in [0.05, 0.1) is 12.8 Å². The Morgan fingerprint density at radius 2 is 1.62 bits per heavy atom. The number of hydrogen-bond donors (Lipinski definition) is 0.